The molecule has 1 aromatic heterocycles. The summed E-state index contributed by atoms with van der Waals surface area (Å²) in [6.07, 6.45) is 2.97. The van der Waals surface area contributed by atoms with E-state index in [-0.39, 0.29) is 12.3 Å². The number of hydrogen-bond donors (Lipinski definition) is 2. The van der Waals surface area contributed by atoms with Crippen molar-refractivity contribution in [3.63, 3.8) is 0 Å². The summed E-state index contributed by atoms with van der Waals surface area (Å²) in [5.74, 6) is -0.319. The van der Waals surface area contributed by atoms with Crippen LogP contribution in [0.1, 0.15) is 38.0 Å². The molecule has 0 radical (unpaired) electrons. The number of aliphatic carboxylic acids is 1. The van der Waals surface area contributed by atoms with Crippen LogP contribution in [0.5, 0.6) is 0 Å². The highest BCUT2D eigenvalue weighted by Gasteiger charge is 2.45. The zero-order chi connectivity index (χ0) is 17.9. The SMILES string of the molecule is O=C(CCCc1nc(-c2ccc(Cl)cc2)no1)NC1(C(=O)O)CCC1. The molecule has 1 aliphatic carbocycles. The summed E-state index contributed by atoms with van der Waals surface area (Å²) in [5, 5.41) is 16.4. The van der Waals surface area contributed by atoms with Crippen molar-refractivity contribution in [2.45, 2.75) is 44.1 Å². The van der Waals surface area contributed by atoms with Gasteiger partial charge in [-0.3, -0.25) is 4.79 Å². The molecule has 7 nitrogen and oxygen atoms in total. The number of aromatic nitrogens is 2. The normalized spacial score (nSPS) is 15.4. The van der Waals surface area contributed by atoms with Crippen LogP contribution in [0.15, 0.2) is 28.8 Å². The van der Waals surface area contributed by atoms with Crippen LogP contribution < -0.4 is 5.32 Å². The van der Waals surface area contributed by atoms with Gasteiger partial charge in [0.2, 0.25) is 17.6 Å². The number of carbonyl (C=O) groups excluding carboxylic acids is 1. The second-order valence-electron chi connectivity index (χ2n) is 6.16. The average molecular weight is 364 g/mol. The van der Waals surface area contributed by atoms with E-state index < -0.39 is 11.5 Å². The summed E-state index contributed by atoms with van der Waals surface area (Å²) < 4.78 is 5.18. The first kappa shape index (κ1) is 17.4. The molecule has 1 heterocycles. The number of amides is 1. The number of nitrogens with one attached hydrogen (secondary N) is 1. The van der Waals surface area contributed by atoms with Gasteiger partial charge in [-0.05, 0) is 49.9 Å². The second kappa shape index (κ2) is 7.23. The lowest BCUT2D eigenvalue weighted by Gasteiger charge is -2.38. The van der Waals surface area contributed by atoms with Crippen molar-refractivity contribution in [3.05, 3.63) is 35.2 Å². The summed E-state index contributed by atoms with van der Waals surface area (Å²) in [7, 11) is 0. The number of benzene rings is 1. The molecule has 2 N–H and O–H groups in total. The maximum Gasteiger partial charge on any atom is 0.329 e. The Kier molecular flexibility index (Phi) is 5.03. The van der Waals surface area contributed by atoms with E-state index in [4.69, 9.17) is 16.1 Å². The molecule has 3 rings (SSSR count). The highest BCUT2D eigenvalue weighted by atomic mass is 35.5. The third-order valence-electron chi connectivity index (χ3n) is 4.36. The fourth-order valence-electron chi connectivity index (χ4n) is 2.72. The number of aryl methyl sites for hydroxylation is 1. The van der Waals surface area contributed by atoms with E-state index in [1.807, 2.05) is 0 Å². The topological polar surface area (TPSA) is 105 Å². The van der Waals surface area contributed by atoms with E-state index in [9.17, 15) is 14.7 Å². The molecular formula is C17H18ClN3O4. The van der Waals surface area contributed by atoms with Crippen molar-refractivity contribution in [1.82, 2.24) is 15.5 Å². The second-order valence-corrected chi connectivity index (χ2v) is 6.60. The Bertz CT molecular complexity index is 768. The van der Waals surface area contributed by atoms with Gasteiger partial charge in [0, 0.05) is 23.4 Å². The van der Waals surface area contributed by atoms with E-state index >= 15 is 0 Å². The number of halogens is 1. The Labute approximate surface area is 149 Å². The Balaban J connectivity index is 1.48. The molecule has 0 bridgehead atoms. The molecule has 0 aliphatic heterocycles. The van der Waals surface area contributed by atoms with Crippen molar-refractivity contribution in [2.75, 3.05) is 0 Å². The molecule has 0 spiro atoms. The van der Waals surface area contributed by atoms with Crippen LogP contribution >= 0.6 is 11.6 Å². The molecular weight excluding hydrogens is 346 g/mol. The summed E-state index contributed by atoms with van der Waals surface area (Å²) >= 11 is 5.84. The molecule has 0 atom stereocenters. The zero-order valence-corrected chi connectivity index (χ0v) is 14.3. The predicted octanol–water partition coefficient (Wildman–Crippen LogP) is 2.84. The summed E-state index contributed by atoms with van der Waals surface area (Å²) in [4.78, 5) is 27.5. The molecule has 0 saturated heterocycles. The number of carbonyl (C=O) groups is 2. The van der Waals surface area contributed by atoms with Crippen molar-refractivity contribution in [2.24, 2.45) is 0 Å². The maximum absolute atomic E-state index is 12.0. The third kappa shape index (κ3) is 3.99. The molecule has 1 amide bonds. The minimum Gasteiger partial charge on any atom is -0.480 e. The van der Waals surface area contributed by atoms with E-state index in [1.165, 1.54) is 0 Å². The van der Waals surface area contributed by atoms with E-state index in [1.54, 1.807) is 24.3 Å². The lowest BCUT2D eigenvalue weighted by Crippen LogP contribution is -2.59. The van der Waals surface area contributed by atoms with Crippen LogP contribution in [0.4, 0.5) is 0 Å². The first-order valence-corrected chi connectivity index (χ1v) is 8.49. The average Bonchev–Trinajstić information content (AvgIpc) is 3.00. The van der Waals surface area contributed by atoms with Crippen LogP contribution in [-0.2, 0) is 16.0 Å². The van der Waals surface area contributed by atoms with Gasteiger partial charge in [-0.25, -0.2) is 4.79 Å². The minimum absolute atomic E-state index is 0.216. The Morgan fingerprint density at radius 1 is 1.28 bits per heavy atom. The quantitative estimate of drug-likeness (QED) is 0.783. The van der Waals surface area contributed by atoms with Crippen LogP contribution in [0.25, 0.3) is 11.4 Å². The fraction of sp³-hybridized carbons (Fsp3) is 0.412. The summed E-state index contributed by atoms with van der Waals surface area (Å²) in [5.41, 5.74) is -0.269. The summed E-state index contributed by atoms with van der Waals surface area (Å²) in [6, 6.07) is 7.09. The van der Waals surface area contributed by atoms with Crippen LogP contribution in [0.2, 0.25) is 5.02 Å². The standard InChI is InChI=1S/C17H18ClN3O4/c18-12-7-5-11(6-8-12)15-19-14(25-21-15)4-1-3-13(22)20-17(16(23)24)9-2-10-17/h5-8H,1-4,9-10H2,(H,20,22)(H,23,24). The van der Waals surface area contributed by atoms with Gasteiger partial charge in [0.05, 0.1) is 0 Å². The number of carboxylic acid groups (broad SMARTS) is 1. The van der Waals surface area contributed by atoms with Gasteiger partial charge in [0.1, 0.15) is 5.54 Å². The third-order valence-corrected chi connectivity index (χ3v) is 4.61. The molecule has 2 aromatic rings. The Morgan fingerprint density at radius 3 is 2.60 bits per heavy atom. The van der Waals surface area contributed by atoms with Crippen LogP contribution in [0.3, 0.4) is 0 Å². The molecule has 1 aromatic carbocycles. The zero-order valence-electron chi connectivity index (χ0n) is 13.5. The maximum atomic E-state index is 12.0. The first-order chi connectivity index (χ1) is 12.0. The van der Waals surface area contributed by atoms with E-state index in [0.717, 1.165) is 12.0 Å². The minimum atomic E-state index is -1.07. The van der Waals surface area contributed by atoms with Crippen molar-refractivity contribution in [3.8, 4) is 11.4 Å². The first-order valence-electron chi connectivity index (χ1n) is 8.11. The van der Waals surface area contributed by atoms with Gasteiger partial charge in [0.15, 0.2) is 0 Å². The number of nitrogens with zero attached hydrogens (tertiary/aromatic N) is 2. The predicted molar refractivity (Wildman–Crippen MR) is 90.0 cm³/mol. The Hall–Kier alpha value is -2.41. The molecule has 0 unspecified atom stereocenters. The molecule has 1 aliphatic rings. The number of rotatable bonds is 7. The smallest absolute Gasteiger partial charge is 0.329 e. The van der Waals surface area contributed by atoms with Crippen LogP contribution in [0, 0.1) is 0 Å². The van der Waals surface area contributed by atoms with Gasteiger partial charge in [-0.15, -0.1) is 0 Å². The monoisotopic (exact) mass is 363 g/mol. The largest absolute Gasteiger partial charge is 0.480 e. The van der Waals surface area contributed by atoms with E-state index in [2.05, 4.69) is 15.5 Å². The van der Waals surface area contributed by atoms with E-state index in [0.29, 0.717) is 42.4 Å². The Morgan fingerprint density at radius 2 is 2.00 bits per heavy atom. The molecule has 1 saturated carbocycles. The van der Waals surface area contributed by atoms with Gasteiger partial charge >= 0.3 is 5.97 Å². The summed E-state index contributed by atoms with van der Waals surface area (Å²) in [6.45, 7) is 0. The molecule has 25 heavy (non-hydrogen) atoms. The highest BCUT2D eigenvalue weighted by Crippen LogP contribution is 2.32. The van der Waals surface area contributed by atoms with Gasteiger partial charge in [0.25, 0.3) is 0 Å². The molecule has 8 heteroatoms. The van der Waals surface area contributed by atoms with Gasteiger partial charge < -0.3 is 14.9 Å². The molecule has 132 valence electrons. The highest BCUT2D eigenvalue weighted by molar-refractivity contribution is 6.30. The fourth-order valence-corrected chi connectivity index (χ4v) is 2.85. The van der Waals surface area contributed by atoms with Gasteiger partial charge in [-0.2, -0.15) is 4.98 Å². The van der Waals surface area contributed by atoms with Crippen molar-refractivity contribution in [1.29, 1.82) is 0 Å². The molecule has 1 fully saturated rings. The number of carboxylic acids is 1. The number of hydrogen-bond acceptors (Lipinski definition) is 5. The van der Waals surface area contributed by atoms with Crippen molar-refractivity contribution >= 4 is 23.5 Å². The lowest BCUT2D eigenvalue weighted by molar-refractivity contribution is -0.151. The van der Waals surface area contributed by atoms with Crippen molar-refractivity contribution < 1.29 is 19.2 Å². The lowest BCUT2D eigenvalue weighted by atomic mass is 9.76. The van der Waals surface area contributed by atoms with Gasteiger partial charge in [-0.1, -0.05) is 16.8 Å². The van der Waals surface area contributed by atoms with Crippen LogP contribution in [-0.4, -0.2) is 32.7 Å².